The van der Waals surface area contributed by atoms with Crippen LogP contribution in [-0.4, -0.2) is 14.2 Å². The fraction of sp³-hybridized carbons (Fsp3) is 0.286. The van der Waals surface area contributed by atoms with E-state index in [1.54, 1.807) is 14.2 Å². The van der Waals surface area contributed by atoms with E-state index in [0.717, 1.165) is 11.1 Å². The first-order valence-corrected chi connectivity index (χ1v) is 5.62. The first kappa shape index (κ1) is 12.4. The van der Waals surface area contributed by atoms with Crippen molar-refractivity contribution in [1.82, 2.24) is 0 Å². The molecule has 0 radical (unpaired) electrons. The van der Waals surface area contributed by atoms with Gasteiger partial charge < -0.3 is 18.9 Å². The summed E-state index contributed by atoms with van der Waals surface area (Å²) in [5.41, 5.74) is 1.87. The van der Waals surface area contributed by atoms with E-state index in [9.17, 15) is 0 Å². The van der Waals surface area contributed by atoms with E-state index < -0.39 is 6.29 Å². The first-order valence-electron chi connectivity index (χ1n) is 5.62. The average Bonchev–Trinajstić information content (AvgIpc) is 2.92. The highest BCUT2D eigenvalue weighted by molar-refractivity contribution is 5.52. The Balaban J connectivity index is 2.47. The molecule has 0 amide bonds. The second-order valence-electron chi connectivity index (χ2n) is 3.74. The molecule has 0 saturated carbocycles. The van der Waals surface area contributed by atoms with E-state index in [4.69, 9.17) is 18.9 Å². The molecule has 1 aromatic rings. The zero-order chi connectivity index (χ0) is 13.0. The van der Waals surface area contributed by atoms with Gasteiger partial charge >= 0.3 is 0 Å². The highest BCUT2D eigenvalue weighted by Crippen LogP contribution is 2.38. The van der Waals surface area contributed by atoms with Crippen molar-refractivity contribution in [2.45, 2.75) is 12.7 Å². The number of allylic oxidation sites excluding steroid dienone is 1. The molecule has 0 aliphatic carbocycles. The lowest BCUT2D eigenvalue weighted by atomic mass is 10.0. The van der Waals surface area contributed by atoms with Gasteiger partial charge in [0.15, 0.2) is 11.5 Å². The molecule has 96 valence electrons. The highest BCUT2D eigenvalue weighted by Gasteiger charge is 2.23. The zero-order valence-corrected chi connectivity index (χ0v) is 10.5. The van der Waals surface area contributed by atoms with Gasteiger partial charge in [0, 0.05) is 11.1 Å². The van der Waals surface area contributed by atoms with Crippen molar-refractivity contribution in [2.24, 2.45) is 0 Å². The van der Waals surface area contributed by atoms with Crippen LogP contribution in [0.2, 0.25) is 0 Å². The second kappa shape index (κ2) is 5.49. The van der Waals surface area contributed by atoms with E-state index in [-0.39, 0.29) is 0 Å². The quantitative estimate of drug-likeness (QED) is 0.751. The lowest BCUT2D eigenvalue weighted by molar-refractivity contribution is -0.0253. The molecular formula is C14H16O4. The van der Waals surface area contributed by atoms with Gasteiger partial charge in [-0.3, -0.25) is 0 Å². The normalized spacial score (nSPS) is 13.9. The summed E-state index contributed by atoms with van der Waals surface area (Å²) in [6.07, 6.45) is 5.08. The predicted molar refractivity (Wildman–Crippen MR) is 67.5 cm³/mol. The Morgan fingerprint density at radius 1 is 1.22 bits per heavy atom. The molecule has 0 fully saturated rings. The van der Waals surface area contributed by atoms with E-state index in [1.165, 1.54) is 12.5 Å². The highest BCUT2D eigenvalue weighted by atomic mass is 16.7. The summed E-state index contributed by atoms with van der Waals surface area (Å²) in [6.45, 7) is 3.76. The molecule has 0 atom stereocenters. The number of hydrogen-bond acceptors (Lipinski definition) is 4. The molecule has 0 bridgehead atoms. The third-order valence-electron chi connectivity index (χ3n) is 2.75. The number of hydrogen-bond donors (Lipinski definition) is 0. The molecule has 1 heterocycles. The van der Waals surface area contributed by atoms with Crippen molar-refractivity contribution in [3.63, 3.8) is 0 Å². The molecule has 4 heteroatoms. The lowest BCUT2D eigenvalue weighted by Crippen LogP contribution is -2.05. The van der Waals surface area contributed by atoms with Gasteiger partial charge in [0.25, 0.3) is 6.29 Å². The largest absolute Gasteiger partial charge is 0.493 e. The molecule has 2 rings (SSSR count). The molecule has 1 aliphatic rings. The Kier molecular flexibility index (Phi) is 3.77. The third-order valence-corrected chi connectivity index (χ3v) is 2.75. The molecule has 0 aromatic heterocycles. The van der Waals surface area contributed by atoms with Crippen LogP contribution in [0.1, 0.15) is 17.4 Å². The summed E-state index contributed by atoms with van der Waals surface area (Å²) in [4.78, 5) is 0. The van der Waals surface area contributed by atoms with Crippen LogP contribution in [0.5, 0.6) is 11.5 Å². The van der Waals surface area contributed by atoms with Crippen molar-refractivity contribution in [2.75, 3.05) is 14.2 Å². The van der Waals surface area contributed by atoms with Crippen molar-refractivity contribution in [3.8, 4) is 11.5 Å². The Labute approximate surface area is 106 Å². The standard InChI is InChI=1S/C14H16O4/c1-4-5-10-11(14-17-8-9-18-14)6-7-12(15-2)13(10)16-3/h4,6-9,14H,1,5H2,2-3H3. The van der Waals surface area contributed by atoms with Gasteiger partial charge in [0.2, 0.25) is 0 Å². The number of ether oxygens (including phenoxy) is 4. The van der Waals surface area contributed by atoms with Crippen LogP contribution in [0.4, 0.5) is 0 Å². The minimum absolute atomic E-state index is 0.431. The molecule has 1 aromatic carbocycles. The van der Waals surface area contributed by atoms with Gasteiger partial charge in [-0.1, -0.05) is 6.08 Å². The summed E-state index contributed by atoms with van der Waals surface area (Å²) in [5.74, 6) is 1.37. The zero-order valence-electron chi connectivity index (χ0n) is 10.5. The maximum absolute atomic E-state index is 5.42. The monoisotopic (exact) mass is 248 g/mol. The Morgan fingerprint density at radius 3 is 2.50 bits per heavy atom. The van der Waals surface area contributed by atoms with Crippen molar-refractivity contribution in [3.05, 3.63) is 48.4 Å². The third kappa shape index (κ3) is 2.14. The average molecular weight is 248 g/mol. The van der Waals surface area contributed by atoms with Crippen LogP contribution >= 0.6 is 0 Å². The SMILES string of the molecule is C=CCc1c(C2OC=CO2)ccc(OC)c1OC. The Hall–Kier alpha value is -2.10. The Bertz CT molecular complexity index is 457. The number of rotatable bonds is 5. The van der Waals surface area contributed by atoms with E-state index in [1.807, 2.05) is 18.2 Å². The van der Waals surface area contributed by atoms with Gasteiger partial charge in [-0.05, 0) is 18.6 Å². The van der Waals surface area contributed by atoms with Crippen molar-refractivity contribution in [1.29, 1.82) is 0 Å². The number of methoxy groups -OCH3 is 2. The van der Waals surface area contributed by atoms with Gasteiger partial charge in [0.1, 0.15) is 12.5 Å². The molecule has 0 spiro atoms. The van der Waals surface area contributed by atoms with Crippen molar-refractivity contribution < 1.29 is 18.9 Å². The van der Waals surface area contributed by atoms with Crippen molar-refractivity contribution >= 4 is 0 Å². The summed E-state index contributed by atoms with van der Waals surface area (Å²) in [5, 5.41) is 0. The van der Waals surface area contributed by atoms with Gasteiger partial charge in [0.05, 0.1) is 14.2 Å². The number of benzene rings is 1. The summed E-state index contributed by atoms with van der Waals surface area (Å²) in [6, 6.07) is 3.75. The van der Waals surface area contributed by atoms with Crippen LogP contribution in [-0.2, 0) is 15.9 Å². The van der Waals surface area contributed by atoms with Gasteiger partial charge in [-0.25, -0.2) is 0 Å². The van der Waals surface area contributed by atoms with Crippen LogP contribution in [0.25, 0.3) is 0 Å². The van der Waals surface area contributed by atoms with Gasteiger partial charge in [-0.2, -0.15) is 0 Å². The second-order valence-corrected chi connectivity index (χ2v) is 3.74. The van der Waals surface area contributed by atoms with Crippen LogP contribution < -0.4 is 9.47 Å². The molecule has 0 N–H and O–H groups in total. The van der Waals surface area contributed by atoms with Gasteiger partial charge in [-0.15, -0.1) is 6.58 Å². The fourth-order valence-electron chi connectivity index (χ4n) is 1.97. The fourth-order valence-corrected chi connectivity index (χ4v) is 1.97. The minimum atomic E-state index is -0.431. The van der Waals surface area contributed by atoms with E-state index in [0.29, 0.717) is 17.9 Å². The maximum atomic E-state index is 5.42. The molecule has 4 nitrogen and oxygen atoms in total. The molecule has 0 unspecified atom stereocenters. The molecule has 18 heavy (non-hydrogen) atoms. The topological polar surface area (TPSA) is 36.9 Å². The van der Waals surface area contributed by atoms with Crippen LogP contribution in [0.15, 0.2) is 37.3 Å². The maximum Gasteiger partial charge on any atom is 0.266 e. The predicted octanol–water partition coefficient (Wildman–Crippen LogP) is 2.95. The molecule has 1 aliphatic heterocycles. The summed E-state index contributed by atoms with van der Waals surface area (Å²) in [7, 11) is 3.22. The smallest absolute Gasteiger partial charge is 0.266 e. The summed E-state index contributed by atoms with van der Waals surface area (Å²) >= 11 is 0. The Morgan fingerprint density at radius 2 is 1.94 bits per heavy atom. The molecular weight excluding hydrogens is 232 g/mol. The molecule has 0 saturated heterocycles. The lowest BCUT2D eigenvalue weighted by Gasteiger charge is -2.19. The van der Waals surface area contributed by atoms with E-state index >= 15 is 0 Å². The van der Waals surface area contributed by atoms with E-state index in [2.05, 4.69) is 6.58 Å². The van der Waals surface area contributed by atoms with Crippen LogP contribution in [0, 0.1) is 0 Å². The van der Waals surface area contributed by atoms with Crippen LogP contribution in [0.3, 0.4) is 0 Å². The summed E-state index contributed by atoms with van der Waals surface area (Å²) < 4.78 is 21.4. The minimum Gasteiger partial charge on any atom is -0.493 e. The first-order chi connectivity index (χ1) is 8.81.